The Morgan fingerprint density at radius 2 is 2.50 bits per heavy atom. The van der Waals surface area contributed by atoms with E-state index in [2.05, 4.69) is 4.98 Å². The molecule has 0 bridgehead atoms. The zero-order chi connectivity index (χ0) is 9.97. The highest BCUT2D eigenvalue weighted by Gasteiger charge is 2.30. The number of carboxylic acid groups (broad SMARTS) is 1. The van der Waals surface area contributed by atoms with E-state index in [-0.39, 0.29) is 12.5 Å². The second-order valence-electron chi connectivity index (χ2n) is 3.42. The van der Waals surface area contributed by atoms with Crippen molar-refractivity contribution in [3.8, 4) is 0 Å². The van der Waals surface area contributed by atoms with E-state index in [0.29, 0.717) is 0 Å². The first kappa shape index (κ1) is 8.99. The summed E-state index contributed by atoms with van der Waals surface area (Å²) in [5.41, 5.74) is 0. The Bertz CT molecular complexity index is 326. The van der Waals surface area contributed by atoms with Gasteiger partial charge in [-0.05, 0) is 18.6 Å². The number of anilines is 1. The van der Waals surface area contributed by atoms with Gasteiger partial charge in [0.25, 0.3) is 0 Å². The molecule has 2 heterocycles. The maximum Gasteiger partial charge on any atom is 0.305 e. The van der Waals surface area contributed by atoms with Crippen LogP contribution in [0.1, 0.15) is 12.8 Å². The third kappa shape index (κ3) is 1.69. The lowest BCUT2D eigenvalue weighted by molar-refractivity contribution is -0.137. The van der Waals surface area contributed by atoms with Crippen LogP contribution in [0.15, 0.2) is 24.4 Å². The number of aromatic nitrogens is 1. The van der Waals surface area contributed by atoms with Crippen molar-refractivity contribution in [1.82, 2.24) is 4.98 Å². The number of hydrogen-bond donors (Lipinski definition) is 1. The van der Waals surface area contributed by atoms with Gasteiger partial charge in [0, 0.05) is 18.8 Å². The van der Waals surface area contributed by atoms with E-state index in [1.165, 1.54) is 0 Å². The van der Waals surface area contributed by atoms with Crippen LogP contribution in [-0.2, 0) is 4.79 Å². The van der Waals surface area contributed by atoms with Crippen molar-refractivity contribution >= 4 is 11.8 Å². The lowest BCUT2D eigenvalue weighted by atomic mass is 10.00. The van der Waals surface area contributed by atoms with Crippen LogP contribution in [-0.4, -0.2) is 28.6 Å². The smallest absolute Gasteiger partial charge is 0.305 e. The number of carboxylic acids is 1. The lowest BCUT2D eigenvalue weighted by Gasteiger charge is -2.41. The molecule has 1 saturated heterocycles. The molecule has 0 unspecified atom stereocenters. The topological polar surface area (TPSA) is 53.4 Å². The van der Waals surface area contributed by atoms with Crippen LogP contribution in [0.3, 0.4) is 0 Å². The van der Waals surface area contributed by atoms with Crippen molar-refractivity contribution in [1.29, 1.82) is 0 Å². The number of pyridine rings is 1. The van der Waals surface area contributed by atoms with Crippen LogP contribution in [0, 0.1) is 0 Å². The molecule has 74 valence electrons. The van der Waals surface area contributed by atoms with Crippen LogP contribution in [0.5, 0.6) is 0 Å². The summed E-state index contributed by atoms with van der Waals surface area (Å²) in [6, 6.07) is 5.81. The second kappa shape index (κ2) is 3.65. The minimum atomic E-state index is -0.740. The molecule has 1 fully saturated rings. The predicted molar refractivity (Wildman–Crippen MR) is 52.2 cm³/mol. The maximum absolute atomic E-state index is 10.5. The van der Waals surface area contributed by atoms with Crippen molar-refractivity contribution in [2.75, 3.05) is 11.4 Å². The first-order valence-electron chi connectivity index (χ1n) is 4.67. The van der Waals surface area contributed by atoms with Crippen LogP contribution >= 0.6 is 0 Å². The molecule has 0 amide bonds. The molecular weight excluding hydrogens is 180 g/mol. The Labute approximate surface area is 82.2 Å². The van der Waals surface area contributed by atoms with E-state index < -0.39 is 5.97 Å². The number of hydrogen-bond acceptors (Lipinski definition) is 3. The maximum atomic E-state index is 10.5. The fourth-order valence-electron chi connectivity index (χ4n) is 1.68. The summed E-state index contributed by atoms with van der Waals surface area (Å²) in [5.74, 6) is 0.139. The molecule has 0 radical (unpaired) electrons. The molecular formula is C10H12N2O2. The van der Waals surface area contributed by atoms with Gasteiger partial charge in [-0.1, -0.05) is 6.07 Å². The van der Waals surface area contributed by atoms with Gasteiger partial charge in [-0.15, -0.1) is 0 Å². The van der Waals surface area contributed by atoms with Gasteiger partial charge >= 0.3 is 5.97 Å². The molecule has 0 spiro atoms. The zero-order valence-corrected chi connectivity index (χ0v) is 7.76. The third-order valence-electron chi connectivity index (χ3n) is 2.50. The van der Waals surface area contributed by atoms with Gasteiger partial charge in [0.05, 0.1) is 6.42 Å². The first-order valence-corrected chi connectivity index (χ1v) is 4.67. The van der Waals surface area contributed by atoms with Crippen molar-refractivity contribution < 1.29 is 9.90 Å². The van der Waals surface area contributed by atoms with E-state index in [4.69, 9.17) is 5.11 Å². The molecule has 1 aliphatic heterocycles. The van der Waals surface area contributed by atoms with Gasteiger partial charge in [0.15, 0.2) is 0 Å². The third-order valence-corrected chi connectivity index (χ3v) is 2.50. The van der Waals surface area contributed by atoms with E-state index in [0.717, 1.165) is 18.8 Å². The molecule has 1 aromatic rings. The SMILES string of the molecule is O=C(O)C[C@H]1CCN1c1ccccn1. The highest BCUT2D eigenvalue weighted by atomic mass is 16.4. The highest BCUT2D eigenvalue weighted by molar-refractivity contribution is 5.69. The second-order valence-corrected chi connectivity index (χ2v) is 3.42. The largest absolute Gasteiger partial charge is 0.481 e. The molecule has 4 nitrogen and oxygen atoms in total. The Kier molecular flexibility index (Phi) is 2.35. The average Bonchev–Trinajstić information content (AvgIpc) is 2.14. The molecule has 2 rings (SSSR count). The molecule has 0 aliphatic carbocycles. The molecule has 14 heavy (non-hydrogen) atoms. The molecule has 1 N–H and O–H groups in total. The van der Waals surface area contributed by atoms with Crippen molar-refractivity contribution in [2.24, 2.45) is 0 Å². The summed E-state index contributed by atoms with van der Waals surface area (Å²) in [5, 5.41) is 8.67. The number of aliphatic carboxylic acids is 1. The Hall–Kier alpha value is -1.58. The van der Waals surface area contributed by atoms with Gasteiger partial charge in [-0.2, -0.15) is 0 Å². The molecule has 1 atom stereocenters. The summed E-state index contributed by atoms with van der Waals surface area (Å²) < 4.78 is 0. The first-order chi connectivity index (χ1) is 6.77. The van der Waals surface area contributed by atoms with Gasteiger partial charge in [-0.25, -0.2) is 4.98 Å². The normalized spacial score (nSPS) is 20.3. The summed E-state index contributed by atoms with van der Waals surface area (Å²) in [7, 11) is 0. The van der Waals surface area contributed by atoms with Crippen molar-refractivity contribution in [3.05, 3.63) is 24.4 Å². The minimum absolute atomic E-state index is 0.127. The van der Waals surface area contributed by atoms with E-state index in [1.807, 2.05) is 23.1 Å². The van der Waals surface area contributed by atoms with Crippen LogP contribution in [0.25, 0.3) is 0 Å². The molecule has 0 saturated carbocycles. The Morgan fingerprint density at radius 1 is 1.64 bits per heavy atom. The summed E-state index contributed by atoms with van der Waals surface area (Å²) >= 11 is 0. The monoisotopic (exact) mass is 192 g/mol. The van der Waals surface area contributed by atoms with Crippen LogP contribution in [0.2, 0.25) is 0 Å². The van der Waals surface area contributed by atoms with Crippen molar-refractivity contribution in [3.63, 3.8) is 0 Å². The summed E-state index contributed by atoms with van der Waals surface area (Å²) in [6.07, 6.45) is 2.88. The van der Waals surface area contributed by atoms with Gasteiger partial charge in [0.2, 0.25) is 0 Å². The molecule has 4 heteroatoms. The summed E-state index contributed by atoms with van der Waals surface area (Å²) in [4.78, 5) is 16.8. The molecule has 1 aliphatic rings. The average molecular weight is 192 g/mol. The zero-order valence-electron chi connectivity index (χ0n) is 7.76. The van der Waals surface area contributed by atoms with E-state index in [9.17, 15) is 4.79 Å². The Balaban J connectivity index is 2.03. The van der Waals surface area contributed by atoms with Gasteiger partial charge in [-0.3, -0.25) is 4.79 Å². The van der Waals surface area contributed by atoms with Crippen LogP contribution < -0.4 is 4.90 Å². The van der Waals surface area contributed by atoms with Crippen molar-refractivity contribution in [2.45, 2.75) is 18.9 Å². The predicted octanol–water partition coefficient (Wildman–Crippen LogP) is 1.14. The van der Waals surface area contributed by atoms with Crippen LogP contribution in [0.4, 0.5) is 5.82 Å². The fourth-order valence-corrected chi connectivity index (χ4v) is 1.68. The molecule has 1 aromatic heterocycles. The van der Waals surface area contributed by atoms with Gasteiger partial charge < -0.3 is 10.0 Å². The van der Waals surface area contributed by atoms with E-state index >= 15 is 0 Å². The fraction of sp³-hybridized carbons (Fsp3) is 0.400. The lowest BCUT2D eigenvalue weighted by Crippen LogP contribution is -2.49. The number of nitrogens with zero attached hydrogens (tertiary/aromatic N) is 2. The molecule has 0 aromatic carbocycles. The van der Waals surface area contributed by atoms with Gasteiger partial charge in [0.1, 0.15) is 5.82 Å². The standard InChI is InChI=1S/C10H12N2O2/c13-10(14)7-8-4-6-12(8)9-3-1-2-5-11-9/h1-3,5,8H,4,6-7H2,(H,13,14)/t8-/m1/s1. The minimum Gasteiger partial charge on any atom is -0.481 e. The number of carbonyl (C=O) groups is 1. The van der Waals surface area contributed by atoms with E-state index in [1.54, 1.807) is 6.20 Å². The highest BCUT2D eigenvalue weighted by Crippen LogP contribution is 2.26. The Morgan fingerprint density at radius 3 is 3.00 bits per heavy atom. The summed E-state index contributed by atoms with van der Waals surface area (Å²) in [6.45, 7) is 0.912. The number of rotatable bonds is 3. The quantitative estimate of drug-likeness (QED) is 0.780.